The molecule has 2 amide bonds. The second-order valence-electron chi connectivity index (χ2n) is 5.65. The maximum absolute atomic E-state index is 12.1. The fraction of sp³-hybridized carbons (Fsp3) is 0.389. The van der Waals surface area contributed by atoms with Crippen molar-refractivity contribution in [3.8, 4) is 0 Å². The fourth-order valence-corrected chi connectivity index (χ4v) is 3.95. The number of amides is 2. The number of hydrogen-bond donors (Lipinski definition) is 2. The minimum atomic E-state index is -0.164. The Morgan fingerprint density at radius 2 is 2.04 bits per heavy atom. The Morgan fingerprint density at radius 1 is 1.26 bits per heavy atom. The van der Waals surface area contributed by atoms with E-state index in [2.05, 4.69) is 49.6 Å². The van der Waals surface area contributed by atoms with Gasteiger partial charge in [-0.2, -0.15) is 0 Å². The minimum Gasteiger partial charge on any atom is -0.333 e. The van der Waals surface area contributed by atoms with Gasteiger partial charge >= 0.3 is 6.03 Å². The van der Waals surface area contributed by atoms with Crippen LogP contribution in [-0.4, -0.2) is 11.3 Å². The highest BCUT2D eigenvalue weighted by atomic mass is 32.2. The molecule has 3 nitrogen and oxygen atoms in total. The van der Waals surface area contributed by atoms with Crippen LogP contribution in [0.3, 0.4) is 0 Å². The zero-order chi connectivity index (χ0) is 16.8. The first-order valence-electron chi connectivity index (χ1n) is 7.84. The lowest BCUT2D eigenvalue weighted by atomic mass is 10.2. The largest absolute Gasteiger partial charge is 0.333 e. The monoisotopic (exact) mass is 348 g/mol. The van der Waals surface area contributed by atoms with Crippen LogP contribution in [0.15, 0.2) is 34.5 Å². The summed E-state index contributed by atoms with van der Waals surface area (Å²) in [5.74, 6) is 0. The third kappa shape index (κ3) is 5.29. The van der Waals surface area contributed by atoms with E-state index in [1.54, 1.807) is 11.3 Å². The van der Waals surface area contributed by atoms with Gasteiger partial charge in [0.05, 0.1) is 6.54 Å². The van der Waals surface area contributed by atoms with Crippen LogP contribution in [0.2, 0.25) is 0 Å². The number of nitrogens with one attached hydrogen (secondary N) is 2. The summed E-state index contributed by atoms with van der Waals surface area (Å²) in [5.41, 5.74) is 3.16. The number of rotatable bonds is 6. The Labute approximate surface area is 146 Å². The van der Waals surface area contributed by atoms with E-state index in [-0.39, 0.29) is 6.03 Å². The van der Waals surface area contributed by atoms with Crippen molar-refractivity contribution >= 4 is 34.8 Å². The van der Waals surface area contributed by atoms with Crippen LogP contribution in [0, 0.1) is 13.8 Å². The van der Waals surface area contributed by atoms with Gasteiger partial charge in [0.25, 0.3) is 0 Å². The number of hydrogen-bond acceptors (Lipinski definition) is 3. The van der Waals surface area contributed by atoms with Gasteiger partial charge in [0.1, 0.15) is 0 Å². The molecule has 2 aromatic rings. The molecule has 5 heteroatoms. The average Bonchev–Trinajstić information content (AvgIpc) is 2.93. The third-order valence-corrected chi connectivity index (χ3v) is 6.02. The molecule has 0 saturated carbocycles. The van der Waals surface area contributed by atoms with Gasteiger partial charge in [0.15, 0.2) is 0 Å². The molecule has 0 fully saturated rings. The molecule has 0 spiro atoms. The number of aryl methyl sites for hydroxylation is 2. The Balaban J connectivity index is 1.91. The molecule has 1 aromatic carbocycles. The first kappa shape index (κ1) is 17.9. The average molecular weight is 349 g/mol. The molecular formula is C18H24N2OS2. The number of thioether (sulfide) groups is 1. The Hall–Kier alpha value is -1.46. The topological polar surface area (TPSA) is 41.1 Å². The van der Waals surface area contributed by atoms with E-state index in [1.165, 1.54) is 15.3 Å². The van der Waals surface area contributed by atoms with Crippen molar-refractivity contribution in [3.63, 3.8) is 0 Å². The number of thiophene rings is 1. The van der Waals surface area contributed by atoms with Gasteiger partial charge in [-0.25, -0.2) is 4.79 Å². The van der Waals surface area contributed by atoms with Crippen molar-refractivity contribution in [1.29, 1.82) is 0 Å². The quantitative estimate of drug-likeness (QED) is 0.669. The van der Waals surface area contributed by atoms with Crippen LogP contribution < -0.4 is 10.6 Å². The van der Waals surface area contributed by atoms with Crippen molar-refractivity contribution in [2.75, 3.05) is 5.32 Å². The van der Waals surface area contributed by atoms with E-state index >= 15 is 0 Å². The number of urea groups is 1. The van der Waals surface area contributed by atoms with E-state index in [9.17, 15) is 4.79 Å². The molecule has 0 saturated heterocycles. The molecule has 23 heavy (non-hydrogen) atoms. The number of benzene rings is 1. The smallest absolute Gasteiger partial charge is 0.319 e. The highest BCUT2D eigenvalue weighted by Gasteiger charge is 2.08. The van der Waals surface area contributed by atoms with E-state index in [4.69, 9.17) is 0 Å². The van der Waals surface area contributed by atoms with E-state index in [1.807, 2.05) is 30.1 Å². The van der Waals surface area contributed by atoms with Gasteiger partial charge in [-0.15, -0.1) is 23.1 Å². The van der Waals surface area contributed by atoms with E-state index in [0.29, 0.717) is 11.8 Å². The second-order valence-corrected chi connectivity index (χ2v) is 8.16. The summed E-state index contributed by atoms with van der Waals surface area (Å²) in [5, 5.41) is 8.49. The predicted molar refractivity (Wildman–Crippen MR) is 102 cm³/mol. The van der Waals surface area contributed by atoms with Crippen LogP contribution >= 0.6 is 23.1 Å². The molecule has 0 aliphatic rings. The molecule has 0 bridgehead atoms. The van der Waals surface area contributed by atoms with E-state index in [0.717, 1.165) is 17.7 Å². The standard InChI is InChI=1S/C18H24N2OS2/c1-5-14(4)23-15-6-7-16(13(3)10-15)20-18(21)19-11-17-12(2)8-9-22-17/h6-10,14H,5,11H2,1-4H3,(H2,19,20,21). The van der Waals surface area contributed by atoms with Gasteiger partial charge in [0.2, 0.25) is 0 Å². The molecule has 124 valence electrons. The summed E-state index contributed by atoms with van der Waals surface area (Å²) < 4.78 is 0. The highest BCUT2D eigenvalue weighted by Crippen LogP contribution is 2.28. The minimum absolute atomic E-state index is 0.164. The zero-order valence-electron chi connectivity index (χ0n) is 14.1. The summed E-state index contributed by atoms with van der Waals surface area (Å²) in [6.07, 6.45) is 1.15. The summed E-state index contributed by atoms with van der Waals surface area (Å²) in [6, 6.07) is 8.09. The van der Waals surface area contributed by atoms with Crippen LogP contribution in [0.25, 0.3) is 0 Å². The number of carbonyl (C=O) groups excluding carboxylic acids is 1. The molecule has 2 rings (SSSR count). The van der Waals surface area contributed by atoms with E-state index < -0.39 is 0 Å². The Kier molecular flexibility index (Phi) is 6.54. The lowest BCUT2D eigenvalue weighted by Gasteiger charge is -2.13. The Bertz CT molecular complexity index is 667. The van der Waals surface area contributed by atoms with Crippen LogP contribution in [0.4, 0.5) is 10.5 Å². The van der Waals surface area contributed by atoms with Gasteiger partial charge in [-0.3, -0.25) is 0 Å². The molecule has 1 heterocycles. The molecule has 1 unspecified atom stereocenters. The first-order chi connectivity index (χ1) is 11.0. The van der Waals surface area contributed by atoms with Gasteiger partial charge in [-0.05, 0) is 61.0 Å². The van der Waals surface area contributed by atoms with Crippen molar-refractivity contribution in [3.05, 3.63) is 45.6 Å². The molecule has 2 N–H and O–H groups in total. The zero-order valence-corrected chi connectivity index (χ0v) is 15.7. The molecule has 0 aliphatic heterocycles. The lowest BCUT2D eigenvalue weighted by molar-refractivity contribution is 0.252. The summed E-state index contributed by atoms with van der Waals surface area (Å²) in [4.78, 5) is 14.5. The third-order valence-electron chi connectivity index (χ3n) is 3.74. The molecule has 0 aliphatic carbocycles. The summed E-state index contributed by atoms with van der Waals surface area (Å²) in [7, 11) is 0. The maximum Gasteiger partial charge on any atom is 0.319 e. The first-order valence-corrected chi connectivity index (χ1v) is 9.60. The lowest BCUT2D eigenvalue weighted by Crippen LogP contribution is -2.28. The summed E-state index contributed by atoms with van der Waals surface area (Å²) >= 11 is 3.53. The predicted octanol–water partition coefficient (Wildman–Crippen LogP) is 5.58. The van der Waals surface area contributed by atoms with Crippen LogP contribution in [-0.2, 0) is 6.54 Å². The fourth-order valence-electron chi connectivity index (χ4n) is 2.08. The number of carbonyl (C=O) groups is 1. The normalized spacial score (nSPS) is 12.0. The summed E-state index contributed by atoms with van der Waals surface area (Å²) in [6.45, 7) is 9.07. The molecule has 0 radical (unpaired) electrons. The van der Waals surface area contributed by atoms with Gasteiger partial charge < -0.3 is 10.6 Å². The highest BCUT2D eigenvalue weighted by molar-refractivity contribution is 7.99. The maximum atomic E-state index is 12.1. The van der Waals surface area contributed by atoms with Gasteiger partial charge in [0, 0.05) is 20.7 Å². The molecule has 1 aromatic heterocycles. The molecule has 1 atom stereocenters. The Morgan fingerprint density at radius 3 is 2.65 bits per heavy atom. The van der Waals surface area contributed by atoms with Crippen molar-refractivity contribution in [1.82, 2.24) is 5.32 Å². The van der Waals surface area contributed by atoms with Crippen LogP contribution in [0.5, 0.6) is 0 Å². The van der Waals surface area contributed by atoms with Crippen molar-refractivity contribution in [2.45, 2.75) is 50.8 Å². The number of anilines is 1. The SMILES string of the molecule is CCC(C)Sc1ccc(NC(=O)NCc2sccc2C)c(C)c1. The van der Waals surface area contributed by atoms with Crippen molar-refractivity contribution < 1.29 is 4.79 Å². The molecular weight excluding hydrogens is 324 g/mol. The van der Waals surface area contributed by atoms with Crippen molar-refractivity contribution in [2.24, 2.45) is 0 Å². The second kappa shape index (κ2) is 8.41. The van der Waals surface area contributed by atoms with Gasteiger partial charge in [-0.1, -0.05) is 13.8 Å². The van der Waals surface area contributed by atoms with Crippen LogP contribution in [0.1, 0.15) is 36.3 Å².